The van der Waals surface area contributed by atoms with Gasteiger partial charge in [0.15, 0.2) is 0 Å². The molecule has 0 saturated carbocycles. The lowest BCUT2D eigenvalue weighted by molar-refractivity contribution is 0.0524. The number of fused-ring (bicyclic) bond motifs is 1. The van der Waals surface area contributed by atoms with Gasteiger partial charge in [-0.1, -0.05) is 24.3 Å². The van der Waals surface area contributed by atoms with Crippen molar-refractivity contribution in [3.05, 3.63) is 57.5 Å². The lowest BCUT2D eigenvalue weighted by Gasteiger charge is -2.12. The Morgan fingerprint density at radius 3 is 2.64 bits per heavy atom. The lowest BCUT2D eigenvalue weighted by Crippen LogP contribution is -2.26. The van der Waals surface area contributed by atoms with Gasteiger partial charge in [-0.2, -0.15) is 0 Å². The van der Waals surface area contributed by atoms with Crippen LogP contribution in [0.2, 0.25) is 0 Å². The SMILES string of the molecule is CCOC(=O)c1cnc(NC2Cc3ccccc3C2)[nH]c1=O. The molecular weight excluding hydrogens is 282 g/mol. The van der Waals surface area contributed by atoms with Crippen molar-refractivity contribution in [2.75, 3.05) is 11.9 Å². The number of aromatic nitrogens is 2. The van der Waals surface area contributed by atoms with E-state index in [1.807, 2.05) is 12.1 Å². The zero-order valence-electron chi connectivity index (χ0n) is 12.3. The van der Waals surface area contributed by atoms with Crippen LogP contribution in [-0.4, -0.2) is 28.6 Å². The fourth-order valence-corrected chi connectivity index (χ4v) is 2.68. The van der Waals surface area contributed by atoms with E-state index < -0.39 is 11.5 Å². The number of hydrogen-bond acceptors (Lipinski definition) is 5. The van der Waals surface area contributed by atoms with Crippen LogP contribution < -0.4 is 10.9 Å². The minimum atomic E-state index is -0.656. The molecule has 2 aromatic rings. The van der Waals surface area contributed by atoms with E-state index in [2.05, 4.69) is 27.4 Å². The van der Waals surface area contributed by atoms with Gasteiger partial charge in [-0.15, -0.1) is 0 Å². The standard InChI is InChI=1S/C16H17N3O3/c1-2-22-15(21)13-9-17-16(19-14(13)20)18-12-7-10-5-3-4-6-11(10)8-12/h3-6,9,12H,2,7-8H2,1H3,(H2,17,18,19,20). The smallest absolute Gasteiger partial charge is 0.345 e. The zero-order chi connectivity index (χ0) is 15.5. The molecule has 3 rings (SSSR count). The van der Waals surface area contributed by atoms with Crippen LogP contribution in [0.4, 0.5) is 5.95 Å². The molecule has 0 atom stereocenters. The number of rotatable bonds is 4. The highest BCUT2D eigenvalue weighted by Gasteiger charge is 2.21. The van der Waals surface area contributed by atoms with E-state index in [1.165, 1.54) is 17.3 Å². The Kier molecular flexibility index (Phi) is 3.91. The molecule has 0 aliphatic heterocycles. The molecule has 1 aliphatic rings. The summed E-state index contributed by atoms with van der Waals surface area (Å²) in [7, 11) is 0. The highest BCUT2D eigenvalue weighted by molar-refractivity contribution is 5.88. The number of aromatic amines is 1. The molecule has 2 N–H and O–H groups in total. The number of anilines is 1. The fourth-order valence-electron chi connectivity index (χ4n) is 2.68. The molecule has 1 aromatic heterocycles. The first kappa shape index (κ1) is 14.3. The van der Waals surface area contributed by atoms with E-state index in [0.717, 1.165) is 12.8 Å². The van der Waals surface area contributed by atoms with Gasteiger partial charge in [0.25, 0.3) is 5.56 Å². The topological polar surface area (TPSA) is 84.1 Å². The highest BCUT2D eigenvalue weighted by atomic mass is 16.5. The minimum absolute atomic E-state index is 0.0814. The summed E-state index contributed by atoms with van der Waals surface area (Å²) in [5, 5.41) is 3.21. The average molecular weight is 299 g/mol. The molecule has 0 radical (unpaired) electrons. The molecule has 0 saturated heterocycles. The number of nitrogens with zero attached hydrogens (tertiary/aromatic N) is 1. The van der Waals surface area contributed by atoms with Crippen molar-refractivity contribution in [3.8, 4) is 0 Å². The number of ether oxygens (including phenoxy) is 1. The number of carbonyl (C=O) groups is 1. The average Bonchev–Trinajstić information content (AvgIpc) is 2.89. The summed E-state index contributed by atoms with van der Waals surface area (Å²) in [5.74, 6) is -0.285. The summed E-state index contributed by atoms with van der Waals surface area (Å²) in [4.78, 5) is 30.2. The van der Waals surface area contributed by atoms with Gasteiger partial charge in [0.1, 0.15) is 5.56 Å². The van der Waals surface area contributed by atoms with Crippen molar-refractivity contribution in [2.45, 2.75) is 25.8 Å². The number of hydrogen-bond donors (Lipinski definition) is 2. The predicted molar refractivity (Wildman–Crippen MR) is 82.1 cm³/mol. The number of nitrogens with one attached hydrogen (secondary N) is 2. The van der Waals surface area contributed by atoms with Gasteiger partial charge in [0.05, 0.1) is 12.8 Å². The van der Waals surface area contributed by atoms with Crippen LogP contribution in [0.1, 0.15) is 28.4 Å². The monoisotopic (exact) mass is 299 g/mol. The van der Waals surface area contributed by atoms with Crippen LogP contribution in [0.25, 0.3) is 0 Å². The van der Waals surface area contributed by atoms with Gasteiger partial charge in [0.2, 0.25) is 5.95 Å². The Balaban J connectivity index is 1.71. The summed E-state index contributed by atoms with van der Waals surface area (Å²) in [6.45, 7) is 1.91. The molecule has 114 valence electrons. The first-order valence-corrected chi connectivity index (χ1v) is 7.27. The number of esters is 1. The van der Waals surface area contributed by atoms with Crippen LogP contribution >= 0.6 is 0 Å². The van der Waals surface area contributed by atoms with Crippen molar-refractivity contribution in [1.29, 1.82) is 0 Å². The molecule has 22 heavy (non-hydrogen) atoms. The van der Waals surface area contributed by atoms with E-state index in [1.54, 1.807) is 6.92 Å². The maximum absolute atomic E-state index is 11.9. The van der Waals surface area contributed by atoms with Gasteiger partial charge < -0.3 is 10.1 Å². The summed E-state index contributed by atoms with van der Waals surface area (Å²) >= 11 is 0. The highest BCUT2D eigenvalue weighted by Crippen LogP contribution is 2.23. The number of H-pyrrole nitrogens is 1. The van der Waals surface area contributed by atoms with E-state index in [4.69, 9.17) is 4.74 Å². The molecule has 1 aromatic carbocycles. The van der Waals surface area contributed by atoms with Gasteiger partial charge in [-0.25, -0.2) is 9.78 Å². The first-order valence-electron chi connectivity index (χ1n) is 7.27. The second kappa shape index (κ2) is 6.01. The number of carbonyl (C=O) groups excluding carboxylic acids is 1. The van der Waals surface area contributed by atoms with Crippen molar-refractivity contribution in [1.82, 2.24) is 9.97 Å². The van der Waals surface area contributed by atoms with Crippen molar-refractivity contribution >= 4 is 11.9 Å². The summed E-state index contributed by atoms with van der Waals surface area (Å²) < 4.78 is 4.81. The summed E-state index contributed by atoms with van der Waals surface area (Å²) in [5.41, 5.74) is 2.05. The van der Waals surface area contributed by atoms with Crippen LogP contribution in [0, 0.1) is 0 Å². The maximum Gasteiger partial charge on any atom is 0.345 e. The number of benzene rings is 1. The molecule has 6 nitrogen and oxygen atoms in total. The Hall–Kier alpha value is -2.63. The Labute approximate surface area is 127 Å². The summed E-state index contributed by atoms with van der Waals surface area (Å²) in [6.07, 6.45) is 3.03. The van der Waals surface area contributed by atoms with Crippen molar-refractivity contribution in [3.63, 3.8) is 0 Å². The molecule has 6 heteroatoms. The molecule has 0 bridgehead atoms. The normalized spacial score (nSPS) is 13.7. The van der Waals surface area contributed by atoms with E-state index >= 15 is 0 Å². The quantitative estimate of drug-likeness (QED) is 0.836. The van der Waals surface area contributed by atoms with E-state index in [9.17, 15) is 9.59 Å². The largest absolute Gasteiger partial charge is 0.462 e. The molecule has 1 aliphatic carbocycles. The third kappa shape index (κ3) is 2.86. The Morgan fingerprint density at radius 1 is 1.36 bits per heavy atom. The second-order valence-corrected chi connectivity index (χ2v) is 5.21. The third-order valence-electron chi connectivity index (χ3n) is 3.69. The van der Waals surface area contributed by atoms with E-state index in [0.29, 0.717) is 5.95 Å². The second-order valence-electron chi connectivity index (χ2n) is 5.21. The lowest BCUT2D eigenvalue weighted by atomic mass is 10.1. The molecule has 1 heterocycles. The predicted octanol–water partition coefficient (Wildman–Crippen LogP) is 1.53. The van der Waals surface area contributed by atoms with Gasteiger partial charge in [-0.3, -0.25) is 9.78 Å². The molecule has 0 fully saturated rings. The van der Waals surface area contributed by atoms with Gasteiger partial charge in [-0.05, 0) is 30.9 Å². The van der Waals surface area contributed by atoms with Crippen LogP contribution in [0.3, 0.4) is 0 Å². The maximum atomic E-state index is 11.9. The van der Waals surface area contributed by atoms with Crippen LogP contribution in [0.5, 0.6) is 0 Å². The van der Waals surface area contributed by atoms with E-state index in [-0.39, 0.29) is 18.2 Å². The van der Waals surface area contributed by atoms with Crippen molar-refractivity contribution in [2.24, 2.45) is 0 Å². The van der Waals surface area contributed by atoms with Gasteiger partial charge in [0, 0.05) is 6.04 Å². The third-order valence-corrected chi connectivity index (χ3v) is 3.69. The minimum Gasteiger partial charge on any atom is -0.462 e. The fraction of sp³-hybridized carbons (Fsp3) is 0.312. The molecule has 0 amide bonds. The Bertz CT molecular complexity index is 729. The van der Waals surface area contributed by atoms with Crippen LogP contribution in [0.15, 0.2) is 35.3 Å². The van der Waals surface area contributed by atoms with Gasteiger partial charge >= 0.3 is 5.97 Å². The molecule has 0 unspecified atom stereocenters. The zero-order valence-corrected chi connectivity index (χ0v) is 12.3. The first-order chi connectivity index (χ1) is 10.7. The van der Waals surface area contributed by atoms with Crippen molar-refractivity contribution < 1.29 is 9.53 Å². The Morgan fingerprint density at radius 2 is 2.05 bits per heavy atom. The summed E-state index contributed by atoms with van der Waals surface area (Å²) in [6, 6.07) is 8.45. The van der Waals surface area contributed by atoms with Crippen LogP contribution in [-0.2, 0) is 17.6 Å². The molecular formula is C16H17N3O3. The molecule has 0 spiro atoms.